The third kappa shape index (κ3) is 2.08. The molecular weight excluding hydrogens is 216 g/mol. The fraction of sp³-hybridized carbons (Fsp3) is 0.923. The van der Waals surface area contributed by atoms with Crippen molar-refractivity contribution >= 4 is 5.91 Å². The number of carbonyl (C=O) groups excluding carboxylic acids is 1. The van der Waals surface area contributed by atoms with Gasteiger partial charge in [-0.2, -0.15) is 0 Å². The van der Waals surface area contributed by atoms with Gasteiger partial charge in [0.2, 0.25) is 5.91 Å². The number of ether oxygens (including phenoxy) is 1. The quantitative estimate of drug-likeness (QED) is 0.728. The van der Waals surface area contributed by atoms with Crippen LogP contribution in [0.25, 0.3) is 0 Å². The summed E-state index contributed by atoms with van der Waals surface area (Å²) in [7, 11) is 0. The van der Waals surface area contributed by atoms with Gasteiger partial charge in [0.25, 0.3) is 0 Å². The Labute approximate surface area is 103 Å². The smallest absolute Gasteiger partial charge is 0.226 e. The number of hydrogen-bond acceptors (Lipinski definition) is 3. The van der Waals surface area contributed by atoms with Gasteiger partial charge in [-0.3, -0.25) is 4.79 Å². The normalized spacial score (nSPS) is 35.9. The van der Waals surface area contributed by atoms with Crippen molar-refractivity contribution < 1.29 is 9.53 Å². The van der Waals surface area contributed by atoms with Crippen molar-refractivity contribution in [3.05, 3.63) is 0 Å². The van der Waals surface area contributed by atoms with Crippen molar-refractivity contribution in [3.63, 3.8) is 0 Å². The fourth-order valence-corrected chi connectivity index (χ4v) is 3.41. The molecule has 96 valence electrons. The van der Waals surface area contributed by atoms with Crippen LogP contribution in [0.5, 0.6) is 0 Å². The molecular formula is C13H22N2O2. The molecule has 2 unspecified atom stereocenters. The molecule has 0 radical (unpaired) electrons. The molecule has 2 atom stereocenters. The molecule has 2 heterocycles. The molecule has 2 saturated heterocycles. The van der Waals surface area contributed by atoms with E-state index in [1.54, 1.807) is 0 Å². The number of rotatable bonds is 1. The van der Waals surface area contributed by atoms with E-state index in [1.807, 2.05) is 11.8 Å². The standard InChI is InChI=1S/C13H22N2O2/c1-10-9-15(6-7-17-10)12(16)11-8-13(11)2-4-14-5-3-13/h10-11,14H,2-9H2,1H3. The number of nitrogens with zero attached hydrogens (tertiary/aromatic N) is 1. The summed E-state index contributed by atoms with van der Waals surface area (Å²) in [5.41, 5.74) is 0.365. The number of amides is 1. The lowest BCUT2D eigenvalue weighted by Gasteiger charge is -2.32. The van der Waals surface area contributed by atoms with Gasteiger partial charge in [0.1, 0.15) is 0 Å². The van der Waals surface area contributed by atoms with E-state index in [0.717, 1.165) is 32.6 Å². The molecule has 3 aliphatic rings. The third-order valence-corrected chi connectivity index (χ3v) is 4.64. The van der Waals surface area contributed by atoms with Crippen LogP contribution >= 0.6 is 0 Å². The summed E-state index contributed by atoms with van der Waals surface area (Å²) < 4.78 is 5.49. The van der Waals surface area contributed by atoms with Crippen LogP contribution in [-0.2, 0) is 9.53 Å². The van der Waals surface area contributed by atoms with Crippen molar-refractivity contribution in [2.24, 2.45) is 11.3 Å². The monoisotopic (exact) mass is 238 g/mol. The summed E-state index contributed by atoms with van der Waals surface area (Å²) in [6.07, 6.45) is 3.70. The highest BCUT2D eigenvalue weighted by atomic mass is 16.5. The SMILES string of the molecule is CC1CN(C(=O)C2CC23CCNCC3)CCO1. The summed E-state index contributed by atoms with van der Waals surface area (Å²) >= 11 is 0. The average molecular weight is 238 g/mol. The van der Waals surface area contributed by atoms with Gasteiger partial charge >= 0.3 is 0 Å². The fourth-order valence-electron chi connectivity index (χ4n) is 3.41. The lowest BCUT2D eigenvalue weighted by molar-refractivity contribution is -0.140. The highest BCUT2D eigenvalue weighted by molar-refractivity contribution is 5.82. The summed E-state index contributed by atoms with van der Waals surface area (Å²) in [6, 6.07) is 0. The van der Waals surface area contributed by atoms with Gasteiger partial charge in [-0.15, -0.1) is 0 Å². The van der Waals surface area contributed by atoms with Crippen molar-refractivity contribution in [2.75, 3.05) is 32.8 Å². The number of hydrogen-bond donors (Lipinski definition) is 1. The Bertz CT molecular complexity index is 313. The van der Waals surface area contributed by atoms with Crippen LogP contribution in [0.15, 0.2) is 0 Å². The summed E-state index contributed by atoms with van der Waals surface area (Å²) in [5.74, 6) is 0.706. The lowest BCUT2D eigenvalue weighted by Crippen LogP contribution is -2.46. The minimum atomic E-state index is 0.204. The first-order valence-electron chi connectivity index (χ1n) is 6.82. The van der Waals surface area contributed by atoms with Crippen molar-refractivity contribution in [1.82, 2.24) is 10.2 Å². The summed E-state index contributed by atoms with van der Waals surface area (Å²) in [6.45, 7) is 6.49. The Balaban J connectivity index is 1.60. The van der Waals surface area contributed by atoms with Crippen LogP contribution in [0.2, 0.25) is 0 Å². The predicted octanol–water partition coefficient (Wildman–Crippen LogP) is 0.623. The van der Waals surface area contributed by atoms with E-state index in [2.05, 4.69) is 5.32 Å². The molecule has 1 spiro atoms. The van der Waals surface area contributed by atoms with E-state index in [0.29, 0.717) is 23.8 Å². The molecule has 1 N–H and O–H groups in total. The van der Waals surface area contributed by atoms with Crippen LogP contribution in [-0.4, -0.2) is 49.7 Å². The number of morpholine rings is 1. The van der Waals surface area contributed by atoms with Crippen molar-refractivity contribution in [1.29, 1.82) is 0 Å². The van der Waals surface area contributed by atoms with E-state index < -0.39 is 0 Å². The van der Waals surface area contributed by atoms with Crippen molar-refractivity contribution in [3.8, 4) is 0 Å². The lowest BCUT2D eigenvalue weighted by atomic mass is 9.91. The van der Waals surface area contributed by atoms with Crippen LogP contribution in [0, 0.1) is 11.3 Å². The van der Waals surface area contributed by atoms with E-state index in [4.69, 9.17) is 4.74 Å². The molecule has 1 aliphatic carbocycles. The van der Waals surface area contributed by atoms with E-state index >= 15 is 0 Å². The molecule has 0 aromatic heterocycles. The minimum Gasteiger partial charge on any atom is -0.375 e. The van der Waals surface area contributed by atoms with Gasteiger partial charge < -0.3 is 15.0 Å². The van der Waals surface area contributed by atoms with E-state index in [1.165, 1.54) is 12.8 Å². The summed E-state index contributed by atoms with van der Waals surface area (Å²) in [5, 5.41) is 3.38. The van der Waals surface area contributed by atoms with Crippen LogP contribution in [0.1, 0.15) is 26.2 Å². The Morgan fingerprint density at radius 3 is 2.88 bits per heavy atom. The molecule has 0 aromatic rings. The highest BCUT2D eigenvalue weighted by Crippen LogP contribution is 2.59. The van der Waals surface area contributed by atoms with Crippen LogP contribution in [0.4, 0.5) is 0 Å². The maximum atomic E-state index is 12.4. The zero-order valence-corrected chi connectivity index (χ0v) is 10.6. The second-order valence-corrected chi connectivity index (χ2v) is 5.83. The molecule has 3 rings (SSSR count). The zero-order chi connectivity index (χ0) is 11.9. The Hall–Kier alpha value is -0.610. The molecule has 1 saturated carbocycles. The van der Waals surface area contributed by atoms with Crippen LogP contribution in [0.3, 0.4) is 0 Å². The maximum Gasteiger partial charge on any atom is 0.226 e. The molecule has 2 aliphatic heterocycles. The van der Waals surface area contributed by atoms with Crippen LogP contribution < -0.4 is 5.32 Å². The number of piperidine rings is 1. The molecule has 4 nitrogen and oxygen atoms in total. The highest BCUT2D eigenvalue weighted by Gasteiger charge is 2.58. The Kier molecular flexibility index (Phi) is 2.87. The zero-order valence-electron chi connectivity index (χ0n) is 10.6. The van der Waals surface area contributed by atoms with Gasteiger partial charge in [-0.05, 0) is 44.7 Å². The van der Waals surface area contributed by atoms with Gasteiger partial charge in [0.05, 0.1) is 12.7 Å². The third-order valence-electron chi connectivity index (χ3n) is 4.64. The Morgan fingerprint density at radius 1 is 1.41 bits per heavy atom. The first kappa shape index (κ1) is 11.5. The average Bonchev–Trinajstić information content (AvgIpc) is 3.03. The van der Waals surface area contributed by atoms with E-state index in [9.17, 15) is 4.79 Å². The minimum absolute atomic E-state index is 0.204. The number of nitrogens with one attached hydrogen (secondary N) is 1. The largest absolute Gasteiger partial charge is 0.375 e. The maximum absolute atomic E-state index is 12.4. The molecule has 17 heavy (non-hydrogen) atoms. The van der Waals surface area contributed by atoms with Gasteiger partial charge in [0, 0.05) is 19.0 Å². The van der Waals surface area contributed by atoms with E-state index in [-0.39, 0.29) is 6.10 Å². The molecule has 1 amide bonds. The Morgan fingerprint density at radius 2 is 2.18 bits per heavy atom. The van der Waals surface area contributed by atoms with Gasteiger partial charge in [-0.25, -0.2) is 0 Å². The molecule has 0 aromatic carbocycles. The first-order valence-corrected chi connectivity index (χ1v) is 6.82. The van der Waals surface area contributed by atoms with Gasteiger partial charge in [0.15, 0.2) is 0 Å². The molecule has 4 heteroatoms. The van der Waals surface area contributed by atoms with Gasteiger partial charge in [-0.1, -0.05) is 0 Å². The number of carbonyl (C=O) groups is 1. The predicted molar refractivity (Wildman–Crippen MR) is 64.6 cm³/mol. The topological polar surface area (TPSA) is 41.6 Å². The summed E-state index contributed by atoms with van der Waals surface area (Å²) in [4.78, 5) is 14.5. The molecule has 0 bridgehead atoms. The molecule has 3 fully saturated rings. The second kappa shape index (κ2) is 4.25. The second-order valence-electron chi connectivity index (χ2n) is 5.83. The van der Waals surface area contributed by atoms with Crippen molar-refractivity contribution in [2.45, 2.75) is 32.3 Å². The first-order chi connectivity index (χ1) is 8.21.